The third kappa shape index (κ3) is 4.36. The fourth-order valence-corrected chi connectivity index (χ4v) is 2.93. The minimum atomic E-state index is -0.0970. The van der Waals surface area contributed by atoms with Crippen LogP contribution in [0.2, 0.25) is 0 Å². The van der Waals surface area contributed by atoms with Gasteiger partial charge in [-0.15, -0.1) is 12.4 Å². The SMILES string of the molecule is Cl.O=C(N[C@H]1CCCNC1)c1cccc(N2CCCNC2=O)c1. The molecule has 1 aromatic carbocycles. The molecule has 0 aromatic heterocycles. The predicted molar refractivity (Wildman–Crippen MR) is 92.4 cm³/mol. The summed E-state index contributed by atoms with van der Waals surface area (Å²) < 4.78 is 0. The molecular formula is C16H23ClN4O2. The van der Waals surface area contributed by atoms with Crippen molar-refractivity contribution in [3.8, 4) is 0 Å². The summed E-state index contributed by atoms with van der Waals surface area (Å²) in [5.41, 5.74) is 1.37. The van der Waals surface area contributed by atoms with Crippen molar-refractivity contribution >= 4 is 30.0 Å². The number of hydrogen-bond donors (Lipinski definition) is 3. The monoisotopic (exact) mass is 338 g/mol. The Morgan fingerprint density at radius 2 is 2.13 bits per heavy atom. The third-order valence-electron chi connectivity index (χ3n) is 4.13. The number of anilines is 1. The molecule has 126 valence electrons. The first kappa shape index (κ1) is 17.6. The van der Waals surface area contributed by atoms with Crippen molar-refractivity contribution in [1.82, 2.24) is 16.0 Å². The summed E-state index contributed by atoms with van der Waals surface area (Å²) in [6.45, 7) is 3.24. The highest BCUT2D eigenvalue weighted by Gasteiger charge is 2.21. The van der Waals surface area contributed by atoms with E-state index in [2.05, 4.69) is 16.0 Å². The fourth-order valence-electron chi connectivity index (χ4n) is 2.93. The molecule has 0 aliphatic carbocycles. The van der Waals surface area contributed by atoms with Crippen molar-refractivity contribution in [3.05, 3.63) is 29.8 Å². The predicted octanol–water partition coefficient (Wildman–Crippen LogP) is 1.51. The Labute approximate surface area is 142 Å². The average Bonchev–Trinajstić information content (AvgIpc) is 2.56. The standard InChI is InChI=1S/C16H22N4O2.ClH/c21-15(19-13-5-2-7-17-11-13)12-4-1-6-14(10-12)20-9-3-8-18-16(20)22;/h1,4,6,10,13,17H,2-3,5,7-9,11H2,(H,18,22)(H,19,21);1H/t13-;/m0./s1. The van der Waals surface area contributed by atoms with Gasteiger partial charge in [0.1, 0.15) is 0 Å². The highest BCUT2D eigenvalue weighted by atomic mass is 35.5. The molecule has 7 heteroatoms. The van der Waals surface area contributed by atoms with Crippen molar-refractivity contribution in [1.29, 1.82) is 0 Å². The van der Waals surface area contributed by atoms with Gasteiger partial charge in [0.2, 0.25) is 0 Å². The minimum Gasteiger partial charge on any atom is -0.348 e. The molecule has 3 amide bonds. The van der Waals surface area contributed by atoms with E-state index in [1.165, 1.54) is 0 Å². The number of piperidine rings is 1. The molecule has 2 aliphatic rings. The van der Waals surface area contributed by atoms with Gasteiger partial charge in [-0.25, -0.2) is 4.79 Å². The third-order valence-corrected chi connectivity index (χ3v) is 4.13. The van der Waals surface area contributed by atoms with Crippen LogP contribution in [-0.2, 0) is 0 Å². The van der Waals surface area contributed by atoms with Gasteiger partial charge in [0.25, 0.3) is 5.91 Å². The Morgan fingerprint density at radius 3 is 2.87 bits per heavy atom. The summed E-state index contributed by atoms with van der Waals surface area (Å²) in [7, 11) is 0. The Balaban J connectivity index is 0.00000192. The maximum Gasteiger partial charge on any atom is 0.321 e. The Morgan fingerprint density at radius 1 is 1.26 bits per heavy atom. The van der Waals surface area contributed by atoms with Gasteiger partial charge < -0.3 is 16.0 Å². The van der Waals surface area contributed by atoms with E-state index in [0.717, 1.165) is 38.0 Å². The second kappa shape index (κ2) is 8.17. The lowest BCUT2D eigenvalue weighted by Crippen LogP contribution is -2.47. The molecule has 2 aliphatic heterocycles. The summed E-state index contributed by atoms with van der Waals surface area (Å²) >= 11 is 0. The summed E-state index contributed by atoms with van der Waals surface area (Å²) in [5, 5.41) is 9.16. The van der Waals surface area contributed by atoms with Crippen molar-refractivity contribution in [2.24, 2.45) is 0 Å². The van der Waals surface area contributed by atoms with E-state index in [9.17, 15) is 9.59 Å². The van der Waals surface area contributed by atoms with Crippen LogP contribution in [0.5, 0.6) is 0 Å². The van der Waals surface area contributed by atoms with Gasteiger partial charge in [0, 0.05) is 36.9 Å². The first-order valence-electron chi connectivity index (χ1n) is 7.91. The van der Waals surface area contributed by atoms with Crippen molar-refractivity contribution in [3.63, 3.8) is 0 Å². The van der Waals surface area contributed by atoms with E-state index in [1.807, 2.05) is 12.1 Å². The van der Waals surface area contributed by atoms with Gasteiger partial charge in [0.15, 0.2) is 0 Å². The van der Waals surface area contributed by atoms with Gasteiger partial charge >= 0.3 is 6.03 Å². The maximum atomic E-state index is 12.4. The normalized spacial score (nSPS) is 21.1. The lowest BCUT2D eigenvalue weighted by molar-refractivity contribution is 0.0930. The average molecular weight is 339 g/mol. The van der Waals surface area contributed by atoms with E-state index in [1.54, 1.807) is 17.0 Å². The van der Waals surface area contributed by atoms with Crippen molar-refractivity contribution in [2.45, 2.75) is 25.3 Å². The largest absolute Gasteiger partial charge is 0.348 e. The molecule has 2 fully saturated rings. The van der Waals surface area contributed by atoms with Crippen LogP contribution < -0.4 is 20.9 Å². The summed E-state index contributed by atoms with van der Waals surface area (Å²) in [6, 6.07) is 7.35. The van der Waals surface area contributed by atoms with Crippen molar-refractivity contribution in [2.75, 3.05) is 31.1 Å². The number of rotatable bonds is 3. The van der Waals surface area contributed by atoms with E-state index < -0.39 is 0 Å². The highest BCUT2D eigenvalue weighted by Crippen LogP contribution is 2.18. The molecule has 0 spiro atoms. The molecule has 0 bridgehead atoms. The molecule has 1 atom stereocenters. The first-order chi connectivity index (χ1) is 10.7. The van der Waals surface area contributed by atoms with Gasteiger partial charge in [-0.05, 0) is 44.0 Å². The van der Waals surface area contributed by atoms with Crippen LogP contribution in [0.3, 0.4) is 0 Å². The van der Waals surface area contributed by atoms with E-state index >= 15 is 0 Å². The number of nitrogens with one attached hydrogen (secondary N) is 3. The van der Waals surface area contributed by atoms with E-state index in [0.29, 0.717) is 18.7 Å². The van der Waals surface area contributed by atoms with Crippen LogP contribution in [0.15, 0.2) is 24.3 Å². The molecule has 2 saturated heterocycles. The van der Waals surface area contributed by atoms with Crippen LogP contribution in [0, 0.1) is 0 Å². The first-order valence-corrected chi connectivity index (χ1v) is 7.91. The second-order valence-corrected chi connectivity index (χ2v) is 5.80. The Kier molecular flexibility index (Phi) is 6.24. The van der Waals surface area contributed by atoms with Crippen LogP contribution in [0.1, 0.15) is 29.6 Å². The number of urea groups is 1. The number of halogens is 1. The molecule has 23 heavy (non-hydrogen) atoms. The number of benzene rings is 1. The second-order valence-electron chi connectivity index (χ2n) is 5.80. The van der Waals surface area contributed by atoms with Gasteiger partial charge in [-0.1, -0.05) is 6.07 Å². The topological polar surface area (TPSA) is 73.5 Å². The molecule has 0 unspecified atom stereocenters. The van der Waals surface area contributed by atoms with E-state index in [-0.39, 0.29) is 30.4 Å². The molecule has 2 heterocycles. The molecular weight excluding hydrogens is 316 g/mol. The Hall–Kier alpha value is -1.79. The zero-order chi connectivity index (χ0) is 15.4. The molecule has 3 rings (SSSR count). The van der Waals surface area contributed by atoms with Crippen LogP contribution in [0.4, 0.5) is 10.5 Å². The van der Waals surface area contributed by atoms with Crippen LogP contribution >= 0.6 is 12.4 Å². The smallest absolute Gasteiger partial charge is 0.321 e. The molecule has 6 nitrogen and oxygen atoms in total. The lowest BCUT2D eigenvalue weighted by Gasteiger charge is -2.28. The van der Waals surface area contributed by atoms with Crippen LogP contribution in [0.25, 0.3) is 0 Å². The minimum absolute atomic E-state index is 0. The lowest BCUT2D eigenvalue weighted by atomic mass is 10.1. The summed E-state index contributed by atoms with van der Waals surface area (Å²) in [5.74, 6) is -0.0760. The van der Waals surface area contributed by atoms with E-state index in [4.69, 9.17) is 0 Å². The van der Waals surface area contributed by atoms with Gasteiger partial charge in [0.05, 0.1) is 0 Å². The molecule has 0 saturated carbocycles. The summed E-state index contributed by atoms with van der Waals surface area (Å²) in [4.78, 5) is 26.0. The van der Waals surface area contributed by atoms with Crippen LogP contribution in [-0.4, -0.2) is 44.2 Å². The number of nitrogens with zero attached hydrogens (tertiary/aromatic N) is 1. The van der Waals surface area contributed by atoms with Crippen molar-refractivity contribution < 1.29 is 9.59 Å². The zero-order valence-electron chi connectivity index (χ0n) is 13.0. The highest BCUT2D eigenvalue weighted by molar-refractivity contribution is 5.98. The number of hydrogen-bond acceptors (Lipinski definition) is 3. The fraction of sp³-hybridized carbons (Fsp3) is 0.500. The Bertz CT molecular complexity index is 561. The number of carbonyl (C=O) groups excluding carboxylic acids is 2. The summed E-state index contributed by atoms with van der Waals surface area (Å²) in [6.07, 6.45) is 3.00. The maximum absolute atomic E-state index is 12.4. The quantitative estimate of drug-likeness (QED) is 0.782. The number of carbonyl (C=O) groups is 2. The zero-order valence-corrected chi connectivity index (χ0v) is 13.8. The number of amides is 3. The molecule has 1 aromatic rings. The molecule has 0 radical (unpaired) electrons. The van der Waals surface area contributed by atoms with Gasteiger partial charge in [-0.3, -0.25) is 9.69 Å². The molecule has 3 N–H and O–H groups in total. The van der Waals surface area contributed by atoms with Gasteiger partial charge in [-0.2, -0.15) is 0 Å².